The first-order chi connectivity index (χ1) is 20.9. The summed E-state index contributed by atoms with van der Waals surface area (Å²) in [4.78, 5) is 18.8. The van der Waals surface area contributed by atoms with Gasteiger partial charge in [-0.1, -0.05) is 22.0 Å². The molecule has 0 radical (unpaired) electrons. The van der Waals surface area contributed by atoms with Gasteiger partial charge >= 0.3 is 6.03 Å². The lowest BCUT2D eigenvalue weighted by atomic mass is 10.1. The lowest BCUT2D eigenvalue weighted by Gasteiger charge is -2.26. The number of fused-ring (bicyclic) bond motifs is 1. The van der Waals surface area contributed by atoms with E-state index < -0.39 is 11.8 Å². The van der Waals surface area contributed by atoms with Crippen LogP contribution in [0.1, 0.15) is 12.0 Å². The van der Waals surface area contributed by atoms with Crippen molar-refractivity contribution in [1.82, 2.24) is 9.88 Å². The molecule has 5 rings (SSSR count). The first-order valence-corrected chi connectivity index (χ1v) is 14.5. The lowest BCUT2D eigenvalue weighted by molar-refractivity contribution is 0.0357. The van der Waals surface area contributed by atoms with E-state index in [9.17, 15) is 4.79 Å². The third-order valence-corrected chi connectivity index (χ3v) is 7.22. The fraction of sp³-hybridized carbons (Fsp3) is 0.258. The molecule has 0 bridgehead atoms. The van der Waals surface area contributed by atoms with Gasteiger partial charge in [-0.3, -0.25) is 9.88 Å². The van der Waals surface area contributed by atoms with Crippen molar-refractivity contribution < 1.29 is 28.1 Å². The normalized spacial score (nSPS) is 13.7. The SMILES string of the molecule is COc1cc2c(Oc3ccc(/C=N/N(C(N)=O)c4cccc(Br)c4)cc3F)ccnc2cc1OCCCN1CCOCC1. The Hall–Kier alpha value is -4.26. The highest BCUT2D eigenvalue weighted by atomic mass is 79.9. The fourth-order valence-electron chi connectivity index (χ4n) is 4.57. The predicted octanol–water partition coefficient (Wildman–Crippen LogP) is 5.96. The number of carbonyl (C=O) groups excluding carboxylic acids is 1. The smallest absolute Gasteiger partial charge is 0.340 e. The molecule has 224 valence electrons. The lowest BCUT2D eigenvalue weighted by Crippen LogP contribution is -2.37. The summed E-state index contributed by atoms with van der Waals surface area (Å²) < 4.78 is 38.9. The third kappa shape index (κ3) is 7.78. The van der Waals surface area contributed by atoms with Crippen LogP contribution in [0.2, 0.25) is 0 Å². The molecular formula is C31H31BrFN5O5. The van der Waals surface area contributed by atoms with Gasteiger partial charge in [0.1, 0.15) is 5.75 Å². The quantitative estimate of drug-likeness (QED) is 0.121. The second-order valence-electron chi connectivity index (χ2n) is 9.65. The molecule has 0 aliphatic carbocycles. The van der Waals surface area contributed by atoms with Crippen LogP contribution >= 0.6 is 15.9 Å². The van der Waals surface area contributed by atoms with E-state index in [4.69, 9.17) is 24.7 Å². The minimum atomic E-state index is -0.781. The Labute approximate surface area is 256 Å². The van der Waals surface area contributed by atoms with Crippen molar-refractivity contribution in [2.45, 2.75) is 6.42 Å². The number of carbonyl (C=O) groups is 1. The molecule has 1 aliphatic heterocycles. The number of ether oxygens (including phenoxy) is 4. The minimum absolute atomic E-state index is 0.00537. The number of urea groups is 1. The molecule has 2 N–H and O–H groups in total. The Kier molecular flexibility index (Phi) is 10.0. The maximum atomic E-state index is 15.1. The van der Waals surface area contributed by atoms with Crippen LogP contribution < -0.4 is 25.0 Å². The van der Waals surface area contributed by atoms with Crippen LogP contribution in [0.3, 0.4) is 0 Å². The number of rotatable bonds is 11. The molecule has 0 saturated carbocycles. The van der Waals surface area contributed by atoms with Gasteiger partial charge in [0.2, 0.25) is 0 Å². The van der Waals surface area contributed by atoms with Crippen LogP contribution in [0, 0.1) is 5.82 Å². The third-order valence-electron chi connectivity index (χ3n) is 6.73. The summed E-state index contributed by atoms with van der Waals surface area (Å²) in [7, 11) is 1.56. The monoisotopic (exact) mass is 651 g/mol. The number of nitrogens with zero attached hydrogens (tertiary/aromatic N) is 4. The number of hydrogen-bond acceptors (Lipinski definition) is 8. The number of hydrogen-bond donors (Lipinski definition) is 1. The molecule has 0 spiro atoms. The van der Waals surface area contributed by atoms with Gasteiger partial charge in [-0.25, -0.2) is 9.18 Å². The summed E-state index contributed by atoms with van der Waals surface area (Å²) >= 11 is 3.36. The number of morpholine rings is 1. The van der Waals surface area contributed by atoms with Crippen molar-refractivity contribution in [3.8, 4) is 23.0 Å². The summed E-state index contributed by atoms with van der Waals surface area (Å²) in [6, 6.07) is 15.7. The molecule has 10 nitrogen and oxygen atoms in total. The minimum Gasteiger partial charge on any atom is -0.493 e. The Bertz CT molecular complexity index is 1620. The number of pyridine rings is 1. The van der Waals surface area contributed by atoms with Crippen molar-refractivity contribution >= 4 is 44.8 Å². The number of amides is 2. The van der Waals surface area contributed by atoms with Crippen LogP contribution in [0.4, 0.5) is 14.9 Å². The molecule has 12 heteroatoms. The second-order valence-corrected chi connectivity index (χ2v) is 10.6. The molecule has 1 aromatic heterocycles. The van der Waals surface area contributed by atoms with Gasteiger partial charge in [0.05, 0.1) is 44.3 Å². The van der Waals surface area contributed by atoms with E-state index in [1.807, 2.05) is 6.07 Å². The molecule has 1 saturated heterocycles. The first kappa shape index (κ1) is 30.2. The highest BCUT2D eigenvalue weighted by Crippen LogP contribution is 2.37. The van der Waals surface area contributed by atoms with E-state index in [0.717, 1.165) is 48.8 Å². The van der Waals surface area contributed by atoms with Crippen molar-refractivity contribution in [2.75, 3.05) is 51.6 Å². The summed E-state index contributed by atoms with van der Waals surface area (Å²) in [5.74, 6) is 0.884. The van der Waals surface area contributed by atoms with Crippen molar-refractivity contribution in [2.24, 2.45) is 10.8 Å². The van der Waals surface area contributed by atoms with Gasteiger partial charge < -0.3 is 24.7 Å². The van der Waals surface area contributed by atoms with E-state index in [2.05, 4.69) is 30.9 Å². The van der Waals surface area contributed by atoms with E-state index in [0.29, 0.717) is 46.0 Å². The van der Waals surface area contributed by atoms with Gasteiger partial charge in [0, 0.05) is 41.8 Å². The predicted molar refractivity (Wildman–Crippen MR) is 166 cm³/mol. The highest BCUT2D eigenvalue weighted by Gasteiger charge is 2.15. The van der Waals surface area contributed by atoms with Crippen LogP contribution in [0.15, 0.2) is 76.4 Å². The van der Waals surface area contributed by atoms with E-state index in [-0.39, 0.29) is 5.75 Å². The highest BCUT2D eigenvalue weighted by molar-refractivity contribution is 9.10. The number of halogens is 2. The van der Waals surface area contributed by atoms with Crippen LogP contribution in [0.5, 0.6) is 23.0 Å². The average Bonchev–Trinajstić information content (AvgIpc) is 3.01. The maximum absolute atomic E-state index is 15.1. The molecule has 3 aromatic carbocycles. The largest absolute Gasteiger partial charge is 0.493 e. The molecule has 0 atom stereocenters. The molecule has 4 aromatic rings. The zero-order valence-corrected chi connectivity index (χ0v) is 25.1. The Morgan fingerprint density at radius 3 is 2.70 bits per heavy atom. The number of nitrogens with two attached hydrogens (primary N) is 1. The average molecular weight is 653 g/mol. The molecule has 0 unspecified atom stereocenters. The van der Waals surface area contributed by atoms with Crippen molar-refractivity contribution in [1.29, 1.82) is 0 Å². The van der Waals surface area contributed by atoms with E-state index in [1.165, 1.54) is 18.3 Å². The Morgan fingerprint density at radius 2 is 1.95 bits per heavy atom. The van der Waals surface area contributed by atoms with Crippen LogP contribution in [0.25, 0.3) is 10.9 Å². The summed E-state index contributed by atoms with van der Waals surface area (Å²) in [5, 5.41) is 5.80. The van der Waals surface area contributed by atoms with Crippen molar-refractivity contribution in [3.05, 3.63) is 82.7 Å². The maximum Gasteiger partial charge on any atom is 0.340 e. The zero-order chi connectivity index (χ0) is 30.2. The Morgan fingerprint density at radius 1 is 1.12 bits per heavy atom. The summed E-state index contributed by atoms with van der Waals surface area (Å²) in [5.41, 5.74) is 6.97. The van der Waals surface area contributed by atoms with Crippen LogP contribution in [-0.2, 0) is 4.74 Å². The molecule has 2 heterocycles. The number of primary amides is 1. The van der Waals surface area contributed by atoms with Gasteiger partial charge in [0.15, 0.2) is 23.1 Å². The fourth-order valence-corrected chi connectivity index (χ4v) is 4.95. The summed E-state index contributed by atoms with van der Waals surface area (Å²) in [6.45, 7) is 4.85. The molecule has 1 fully saturated rings. The number of hydrazone groups is 1. The molecule has 1 aliphatic rings. The van der Waals surface area contributed by atoms with E-state index >= 15 is 4.39 Å². The number of benzene rings is 3. The van der Waals surface area contributed by atoms with Gasteiger partial charge in [0.25, 0.3) is 0 Å². The molecule has 2 amide bonds. The van der Waals surface area contributed by atoms with Crippen LogP contribution in [-0.4, -0.2) is 68.7 Å². The van der Waals surface area contributed by atoms with Crippen molar-refractivity contribution in [3.63, 3.8) is 0 Å². The second kappa shape index (κ2) is 14.3. The van der Waals surface area contributed by atoms with Gasteiger partial charge in [-0.05, 0) is 60.5 Å². The summed E-state index contributed by atoms with van der Waals surface area (Å²) in [6.07, 6.45) is 3.79. The Balaban J connectivity index is 1.29. The number of methoxy groups -OCH3 is 1. The number of anilines is 1. The standard InChI is InChI=1S/C31H31BrFN5O5/c1-40-29-18-24-26(19-30(29)42-13-3-10-37-11-14-41-15-12-37)35-9-8-27(24)43-28-7-6-21(16-25(28)33)20-36-38(31(34)39)23-5-2-4-22(32)17-23/h2,4-9,16-20H,3,10-15H2,1H3,(H2,34,39)/b36-20+. The zero-order valence-electron chi connectivity index (χ0n) is 23.5. The van der Waals surface area contributed by atoms with E-state index in [1.54, 1.807) is 55.8 Å². The number of aromatic nitrogens is 1. The van der Waals surface area contributed by atoms with Gasteiger partial charge in [-0.15, -0.1) is 0 Å². The molecular weight excluding hydrogens is 621 g/mol. The van der Waals surface area contributed by atoms with Gasteiger partial charge in [-0.2, -0.15) is 10.1 Å². The first-order valence-electron chi connectivity index (χ1n) is 13.7. The molecule has 43 heavy (non-hydrogen) atoms. The topological polar surface area (TPSA) is 112 Å².